The zero-order chi connectivity index (χ0) is 12.0. The van der Waals surface area contributed by atoms with Gasteiger partial charge in [-0.15, -0.1) is 6.58 Å². The normalized spacial score (nSPS) is 12.4. The third-order valence-electron chi connectivity index (χ3n) is 2.38. The van der Waals surface area contributed by atoms with E-state index in [1.54, 1.807) is 0 Å². The summed E-state index contributed by atoms with van der Waals surface area (Å²) in [5.74, 6) is 0. The highest BCUT2D eigenvalue weighted by molar-refractivity contribution is 9.10. The zero-order valence-corrected chi connectivity index (χ0v) is 11.8. The molecule has 16 heavy (non-hydrogen) atoms. The molecule has 0 radical (unpaired) electrons. The molecule has 1 aromatic carbocycles. The average Bonchev–Trinajstić information content (AvgIpc) is 2.25. The highest BCUT2D eigenvalue weighted by Crippen LogP contribution is 2.28. The Bertz CT molecular complexity index is 352. The summed E-state index contributed by atoms with van der Waals surface area (Å²) in [6.07, 6.45) is 3.93. The van der Waals surface area contributed by atoms with E-state index >= 15 is 0 Å². The van der Waals surface area contributed by atoms with Gasteiger partial charge in [0.15, 0.2) is 0 Å². The number of benzene rings is 1. The minimum absolute atomic E-state index is 0.262. The van der Waals surface area contributed by atoms with Crippen LogP contribution in [-0.2, 0) is 0 Å². The molecule has 0 saturated heterocycles. The second-order valence-corrected chi connectivity index (χ2v) is 5.02. The van der Waals surface area contributed by atoms with Crippen molar-refractivity contribution >= 4 is 27.5 Å². The predicted octanol–water partition coefficient (Wildman–Crippen LogP) is 4.72. The van der Waals surface area contributed by atoms with Gasteiger partial charge >= 0.3 is 0 Å². The monoisotopic (exact) mass is 301 g/mol. The first-order valence-electron chi connectivity index (χ1n) is 5.48. The summed E-state index contributed by atoms with van der Waals surface area (Å²) in [5.41, 5.74) is 1.14. The number of nitrogens with one attached hydrogen (secondary N) is 1. The quantitative estimate of drug-likeness (QED) is 0.750. The average molecular weight is 303 g/mol. The molecule has 0 saturated carbocycles. The summed E-state index contributed by atoms with van der Waals surface area (Å²) >= 11 is 9.65. The molecule has 0 aliphatic carbocycles. The van der Waals surface area contributed by atoms with Crippen molar-refractivity contribution in [2.24, 2.45) is 0 Å². The standard InChI is InChI=1S/C13H17BrClN/c1-3-5-13(16-8-4-2)11-7-6-10(14)9-12(11)15/h3,6-7,9,13,16H,1,4-5,8H2,2H3. The molecule has 1 rings (SSSR count). The maximum Gasteiger partial charge on any atom is 0.0465 e. The lowest BCUT2D eigenvalue weighted by Gasteiger charge is -2.18. The lowest BCUT2D eigenvalue weighted by molar-refractivity contribution is 0.537. The second-order valence-electron chi connectivity index (χ2n) is 3.70. The summed E-state index contributed by atoms with van der Waals surface area (Å²) in [4.78, 5) is 0. The van der Waals surface area contributed by atoms with Crippen molar-refractivity contribution in [2.75, 3.05) is 6.54 Å². The van der Waals surface area contributed by atoms with Crippen LogP contribution in [0.1, 0.15) is 31.4 Å². The van der Waals surface area contributed by atoms with E-state index in [0.29, 0.717) is 0 Å². The molecule has 1 unspecified atom stereocenters. The molecule has 1 aromatic rings. The van der Waals surface area contributed by atoms with Gasteiger partial charge in [-0.3, -0.25) is 0 Å². The van der Waals surface area contributed by atoms with Gasteiger partial charge in [0.1, 0.15) is 0 Å². The van der Waals surface area contributed by atoms with Crippen LogP contribution >= 0.6 is 27.5 Å². The van der Waals surface area contributed by atoms with Gasteiger partial charge in [-0.25, -0.2) is 0 Å². The van der Waals surface area contributed by atoms with Crippen LogP contribution in [-0.4, -0.2) is 6.54 Å². The van der Waals surface area contributed by atoms with Crippen LogP contribution in [0.3, 0.4) is 0 Å². The van der Waals surface area contributed by atoms with E-state index < -0.39 is 0 Å². The molecule has 0 spiro atoms. The van der Waals surface area contributed by atoms with Gasteiger partial charge in [0.05, 0.1) is 0 Å². The van der Waals surface area contributed by atoms with Crippen LogP contribution in [0, 0.1) is 0 Å². The van der Waals surface area contributed by atoms with Gasteiger partial charge in [-0.05, 0) is 37.1 Å². The lowest BCUT2D eigenvalue weighted by atomic mass is 10.0. The summed E-state index contributed by atoms with van der Waals surface area (Å²) in [6.45, 7) is 6.93. The van der Waals surface area contributed by atoms with Crippen molar-refractivity contribution < 1.29 is 0 Å². The molecule has 0 aliphatic heterocycles. The number of rotatable bonds is 6. The van der Waals surface area contributed by atoms with Crippen LogP contribution in [0.25, 0.3) is 0 Å². The summed E-state index contributed by atoms with van der Waals surface area (Å²) in [7, 11) is 0. The van der Waals surface area contributed by atoms with Gasteiger partial charge in [0.25, 0.3) is 0 Å². The molecule has 0 aromatic heterocycles. The molecule has 1 nitrogen and oxygen atoms in total. The smallest absolute Gasteiger partial charge is 0.0465 e. The van der Waals surface area contributed by atoms with Crippen molar-refractivity contribution in [3.05, 3.63) is 45.9 Å². The summed E-state index contributed by atoms with van der Waals surface area (Å²) < 4.78 is 1.01. The molecule has 88 valence electrons. The van der Waals surface area contributed by atoms with Gasteiger partial charge in [0, 0.05) is 15.5 Å². The van der Waals surface area contributed by atoms with Crippen LogP contribution in [0.2, 0.25) is 5.02 Å². The fourth-order valence-corrected chi connectivity index (χ4v) is 2.39. The minimum Gasteiger partial charge on any atom is -0.310 e. The molecular formula is C13H17BrClN. The first kappa shape index (κ1) is 13.8. The Morgan fingerprint density at radius 1 is 1.56 bits per heavy atom. The van der Waals surface area contributed by atoms with Crippen LogP contribution in [0.4, 0.5) is 0 Å². The van der Waals surface area contributed by atoms with E-state index in [4.69, 9.17) is 11.6 Å². The Labute approximate surface area is 111 Å². The van der Waals surface area contributed by atoms with Gasteiger partial charge < -0.3 is 5.32 Å². The van der Waals surface area contributed by atoms with Crippen molar-refractivity contribution in [3.8, 4) is 0 Å². The highest BCUT2D eigenvalue weighted by atomic mass is 79.9. The minimum atomic E-state index is 0.262. The molecule has 3 heteroatoms. The number of halogens is 2. The van der Waals surface area contributed by atoms with E-state index in [1.165, 1.54) is 0 Å². The van der Waals surface area contributed by atoms with Crippen molar-refractivity contribution in [1.82, 2.24) is 5.32 Å². The SMILES string of the molecule is C=CCC(NCCC)c1ccc(Br)cc1Cl. The van der Waals surface area contributed by atoms with E-state index in [1.807, 2.05) is 18.2 Å². The topological polar surface area (TPSA) is 12.0 Å². The van der Waals surface area contributed by atoms with Gasteiger partial charge in [0.2, 0.25) is 0 Å². The number of hydrogen-bond acceptors (Lipinski definition) is 1. The largest absolute Gasteiger partial charge is 0.310 e. The zero-order valence-electron chi connectivity index (χ0n) is 9.47. The molecule has 0 heterocycles. The maximum atomic E-state index is 6.23. The second kappa shape index (κ2) is 7.10. The molecule has 1 atom stereocenters. The van der Waals surface area contributed by atoms with Crippen LogP contribution in [0.5, 0.6) is 0 Å². The Balaban J connectivity index is 2.86. The Kier molecular flexibility index (Phi) is 6.10. The molecule has 0 aliphatic rings. The Morgan fingerprint density at radius 3 is 2.88 bits per heavy atom. The lowest BCUT2D eigenvalue weighted by Crippen LogP contribution is -2.21. The maximum absolute atomic E-state index is 6.23. The van der Waals surface area contributed by atoms with Crippen LogP contribution < -0.4 is 5.32 Å². The Morgan fingerprint density at radius 2 is 2.31 bits per heavy atom. The Hall–Kier alpha value is -0.310. The molecule has 1 N–H and O–H groups in total. The molecule has 0 fully saturated rings. The third kappa shape index (κ3) is 3.93. The first-order valence-corrected chi connectivity index (χ1v) is 6.65. The number of hydrogen-bond donors (Lipinski definition) is 1. The summed E-state index contributed by atoms with van der Waals surface area (Å²) in [5, 5.41) is 4.27. The van der Waals surface area contributed by atoms with E-state index in [9.17, 15) is 0 Å². The molecule has 0 amide bonds. The fourth-order valence-electron chi connectivity index (χ4n) is 1.59. The van der Waals surface area contributed by atoms with E-state index in [-0.39, 0.29) is 6.04 Å². The first-order chi connectivity index (χ1) is 7.69. The van der Waals surface area contributed by atoms with Crippen molar-refractivity contribution in [1.29, 1.82) is 0 Å². The third-order valence-corrected chi connectivity index (χ3v) is 3.20. The summed E-state index contributed by atoms with van der Waals surface area (Å²) in [6, 6.07) is 6.27. The van der Waals surface area contributed by atoms with Crippen molar-refractivity contribution in [2.45, 2.75) is 25.8 Å². The van der Waals surface area contributed by atoms with E-state index in [0.717, 1.165) is 34.4 Å². The van der Waals surface area contributed by atoms with E-state index in [2.05, 4.69) is 40.8 Å². The van der Waals surface area contributed by atoms with Crippen LogP contribution in [0.15, 0.2) is 35.3 Å². The van der Waals surface area contributed by atoms with Crippen molar-refractivity contribution in [3.63, 3.8) is 0 Å². The van der Waals surface area contributed by atoms with Gasteiger partial charge in [-0.1, -0.05) is 46.6 Å². The fraction of sp³-hybridized carbons (Fsp3) is 0.385. The molecule has 0 bridgehead atoms. The predicted molar refractivity (Wildman–Crippen MR) is 75.0 cm³/mol. The highest BCUT2D eigenvalue weighted by Gasteiger charge is 2.12. The molecular weight excluding hydrogens is 286 g/mol. The van der Waals surface area contributed by atoms with Gasteiger partial charge in [-0.2, -0.15) is 0 Å².